The summed E-state index contributed by atoms with van der Waals surface area (Å²) < 4.78 is 0. The van der Waals surface area contributed by atoms with Crippen molar-refractivity contribution in [2.45, 2.75) is 25.8 Å². The Balaban J connectivity index is 1.84. The van der Waals surface area contributed by atoms with Crippen molar-refractivity contribution in [2.24, 2.45) is 0 Å². The number of rotatable bonds is 2. The molecule has 0 radical (unpaired) electrons. The summed E-state index contributed by atoms with van der Waals surface area (Å²) >= 11 is 1.69. The fourth-order valence-electron chi connectivity index (χ4n) is 2.58. The number of hydrogen-bond donors (Lipinski definition) is 0. The van der Waals surface area contributed by atoms with Crippen molar-refractivity contribution in [3.8, 4) is 0 Å². The molecule has 2 aromatic heterocycles. The second kappa shape index (κ2) is 5.13. The molecule has 1 aliphatic rings. The standard InChI is InChI=1S/C15H16N2OS/c1-11-4-5-12(9-16-11)15(18)17-7-2-3-14(17)13-6-8-19-10-13/h4-6,8-10,14H,2-3,7H2,1H3/t14-/m0/s1. The van der Waals surface area contributed by atoms with E-state index >= 15 is 0 Å². The highest BCUT2D eigenvalue weighted by Gasteiger charge is 2.30. The van der Waals surface area contributed by atoms with Crippen molar-refractivity contribution < 1.29 is 4.79 Å². The van der Waals surface area contributed by atoms with Crippen LogP contribution < -0.4 is 0 Å². The van der Waals surface area contributed by atoms with Gasteiger partial charge in [0.2, 0.25) is 0 Å². The Bertz CT molecular complexity index is 562. The van der Waals surface area contributed by atoms with Gasteiger partial charge in [-0.2, -0.15) is 11.3 Å². The van der Waals surface area contributed by atoms with Crippen LogP contribution in [0.4, 0.5) is 0 Å². The van der Waals surface area contributed by atoms with Crippen LogP contribution >= 0.6 is 11.3 Å². The average Bonchev–Trinajstić information content (AvgIpc) is 3.09. The van der Waals surface area contributed by atoms with Gasteiger partial charge in [0.1, 0.15) is 0 Å². The SMILES string of the molecule is Cc1ccc(C(=O)N2CCC[C@H]2c2ccsc2)cn1. The summed E-state index contributed by atoms with van der Waals surface area (Å²) in [5.41, 5.74) is 2.89. The Labute approximate surface area is 116 Å². The highest BCUT2D eigenvalue weighted by Crippen LogP contribution is 2.33. The zero-order valence-electron chi connectivity index (χ0n) is 10.9. The molecule has 1 amide bonds. The van der Waals surface area contributed by atoms with E-state index in [1.54, 1.807) is 17.5 Å². The van der Waals surface area contributed by atoms with Gasteiger partial charge in [-0.05, 0) is 54.3 Å². The highest BCUT2D eigenvalue weighted by molar-refractivity contribution is 7.07. The molecular weight excluding hydrogens is 256 g/mol. The zero-order chi connectivity index (χ0) is 13.2. The van der Waals surface area contributed by atoms with Gasteiger partial charge in [0.15, 0.2) is 0 Å². The minimum atomic E-state index is 0.0983. The number of pyridine rings is 1. The van der Waals surface area contributed by atoms with Crippen LogP contribution in [0.15, 0.2) is 35.2 Å². The molecule has 3 heterocycles. The van der Waals surface area contributed by atoms with E-state index in [4.69, 9.17) is 0 Å². The molecule has 3 rings (SSSR count). The molecule has 1 saturated heterocycles. The van der Waals surface area contributed by atoms with Gasteiger partial charge in [-0.25, -0.2) is 0 Å². The quantitative estimate of drug-likeness (QED) is 0.839. The third-order valence-electron chi connectivity index (χ3n) is 3.60. The minimum absolute atomic E-state index is 0.0983. The smallest absolute Gasteiger partial charge is 0.255 e. The molecular formula is C15H16N2OS. The topological polar surface area (TPSA) is 33.2 Å². The Hall–Kier alpha value is -1.68. The largest absolute Gasteiger partial charge is 0.332 e. The number of likely N-dealkylation sites (tertiary alicyclic amines) is 1. The lowest BCUT2D eigenvalue weighted by Crippen LogP contribution is -2.30. The molecule has 0 bridgehead atoms. The highest BCUT2D eigenvalue weighted by atomic mass is 32.1. The van der Waals surface area contributed by atoms with Gasteiger partial charge in [-0.3, -0.25) is 9.78 Å². The lowest BCUT2D eigenvalue weighted by Gasteiger charge is -2.24. The van der Waals surface area contributed by atoms with Crippen LogP contribution in [-0.4, -0.2) is 22.3 Å². The number of carbonyl (C=O) groups excluding carboxylic acids is 1. The summed E-state index contributed by atoms with van der Waals surface area (Å²) in [5, 5.41) is 4.22. The van der Waals surface area contributed by atoms with E-state index in [9.17, 15) is 4.79 Å². The monoisotopic (exact) mass is 272 g/mol. The van der Waals surface area contributed by atoms with Gasteiger partial charge >= 0.3 is 0 Å². The average molecular weight is 272 g/mol. The van der Waals surface area contributed by atoms with Gasteiger partial charge in [-0.15, -0.1) is 0 Å². The van der Waals surface area contributed by atoms with E-state index in [1.165, 1.54) is 5.56 Å². The van der Waals surface area contributed by atoms with Gasteiger partial charge in [0, 0.05) is 18.4 Å². The van der Waals surface area contributed by atoms with Crippen LogP contribution in [0.3, 0.4) is 0 Å². The number of amides is 1. The van der Waals surface area contributed by atoms with Crippen LogP contribution in [0.1, 0.15) is 40.5 Å². The summed E-state index contributed by atoms with van der Waals surface area (Å²) in [6.45, 7) is 2.77. The first kappa shape index (κ1) is 12.4. The van der Waals surface area contributed by atoms with E-state index < -0.39 is 0 Å². The number of carbonyl (C=O) groups is 1. The second-order valence-electron chi connectivity index (χ2n) is 4.90. The van der Waals surface area contributed by atoms with E-state index in [0.29, 0.717) is 5.56 Å². The zero-order valence-corrected chi connectivity index (χ0v) is 11.7. The van der Waals surface area contributed by atoms with Gasteiger partial charge in [-0.1, -0.05) is 0 Å². The maximum Gasteiger partial charge on any atom is 0.255 e. The van der Waals surface area contributed by atoms with Crippen LogP contribution in [-0.2, 0) is 0 Å². The lowest BCUT2D eigenvalue weighted by molar-refractivity contribution is 0.0735. The van der Waals surface area contributed by atoms with Crippen LogP contribution in [0.2, 0.25) is 0 Å². The number of thiophene rings is 1. The van der Waals surface area contributed by atoms with Crippen LogP contribution in [0, 0.1) is 6.92 Å². The van der Waals surface area contributed by atoms with Crippen molar-refractivity contribution in [1.29, 1.82) is 0 Å². The molecule has 1 fully saturated rings. The fourth-order valence-corrected chi connectivity index (χ4v) is 3.29. The van der Waals surface area contributed by atoms with Crippen LogP contribution in [0.25, 0.3) is 0 Å². The molecule has 3 nitrogen and oxygen atoms in total. The maximum atomic E-state index is 12.6. The first-order valence-corrected chi connectivity index (χ1v) is 7.46. The normalized spacial score (nSPS) is 18.8. The summed E-state index contributed by atoms with van der Waals surface area (Å²) in [6.07, 6.45) is 3.81. The minimum Gasteiger partial charge on any atom is -0.332 e. The fraction of sp³-hybridized carbons (Fsp3) is 0.333. The van der Waals surface area contributed by atoms with Crippen LogP contribution in [0.5, 0.6) is 0 Å². The predicted molar refractivity (Wildman–Crippen MR) is 76.3 cm³/mol. The molecule has 19 heavy (non-hydrogen) atoms. The molecule has 98 valence electrons. The van der Waals surface area contributed by atoms with E-state index in [-0.39, 0.29) is 11.9 Å². The van der Waals surface area contributed by atoms with Crippen molar-refractivity contribution >= 4 is 17.2 Å². The molecule has 0 spiro atoms. The van der Waals surface area contributed by atoms with Gasteiger partial charge in [0.05, 0.1) is 11.6 Å². The molecule has 0 aromatic carbocycles. The molecule has 0 aliphatic carbocycles. The first-order valence-electron chi connectivity index (χ1n) is 6.51. The third-order valence-corrected chi connectivity index (χ3v) is 4.30. The van der Waals surface area contributed by atoms with E-state index in [0.717, 1.165) is 25.1 Å². The number of aryl methyl sites for hydroxylation is 1. The lowest BCUT2D eigenvalue weighted by atomic mass is 10.1. The summed E-state index contributed by atoms with van der Waals surface area (Å²) in [5.74, 6) is 0.0983. The second-order valence-corrected chi connectivity index (χ2v) is 5.68. The Kier molecular flexibility index (Phi) is 3.34. The Morgan fingerprint density at radius 1 is 1.42 bits per heavy atom. The molecule has 2 aromatic rings. The third kappa shape index (κ3) is 2.40. The molecule has 1 aliphatic heterocycles. The summed E-state index contributed by atoms with van der Waals surface area (Å²) in [6, 6.07) is 6.12. The van der Waals surface area contributed by atoms with Gasteiger partial charge in [0.25, 0.3) is 5.91 Å². The first-order chi connectivity index (χ1) is 9.25. The van der Waals surface area contributed by atoms with E-state index in [1.807, 2.05) is 24.0 Å². The summed E-state index contributed by atoms with van der Waals surface area (Å²) in [7, 11) is 0. The summed E-state index contributed by atoms with van der Waals surface area (Å²) in [4.78, 5) is 18.7. The predicted octanol–water partition coefficient (Wildman–Crippen LogP) is 3.43. The van der Waals surface area contributed by atoms with Crippen molar-refractivity contribution in [3.05, 3.63) is 52.0 Å². The Morgan fingerprint density at radius 3 is 3.00 bits per heavy atom. The Morgan fingerprint density at radius 2 is 2.32 bits per heavy atom. The number of hydrogen-bond acceptors (Lipinski definition) is 3. The van der Waals surface area contributed by atoms with E-state index in [2.05, 4.69) is 21.8 Å². The number of nitrogens with zero attached hydrogens (tertiary/aromatic N) is 2. The van der Waals surface area contributed by atoms with Gasteiger partial charge < -0.3 is 4.90 Å². The molecule has 0 N–H and O–H groups in total. The molecule has 4 heteroatoms. The van der Waals surface area contributed by atoms with Crippen molar-refractivity contribution in [2.75, 3.05) is 6.54 Å². The van der Waals surface area contributed by atoms with Crippen molar-refractivity contribution in [1.82, 2.24) is 9.88 Å². The molecule has 0 unspecified atom stereocenters. The molecule has 0 saturated carbocycles. The van der Waals surface area contributed by atoms with Crippen molar-refractivity contribution in [3.63, 3.8) is 0 Å². The molecule has 1 atom stereocenters. The number of aromatic nitrogens is 1. The maximum absolute atomic E-state index is 12.6.